The van der Waals surface area contributed by atoms with Crippen molar-refractivity contribution in [1.29, 1.82) is 0 Å². The SMILES string of the molecule is C=C(C)C(=O)CCCCN(Cc1ccccc1B(O)O)Cc1c2ccccc2c(CN(CCCNC(=O)C(=C)C)Cc2ccccc2B(O)O)c2ccc(-c3c4ccc(=[N+](C)C)cc-4oc4cc(N(C)C)ccc34)cc12.[Cl-]. The van der Waals surface area contributed by atoms with Gasteiger partial charge in [0, 0.05) is 99.7 Å². The van der Waals surface area contributed by atoms with Gasteiger partial charge in [0.1, 0.15) is 25.4 Å². The monoisotopic (exact) mass is 1050 g/mol. The Kier molecular flexibility index (Phi) is 19.5. The van der Waals surface area contributed by atoms with Crippen LogP contribution in [0, 0.1) is 0 Å². The van der Waals surface area contributed by atoms with Crippen LogP contribution in [0.3, 0.4) is 0 Å². The number of carbonyl (C=O) groups excluding carboxylic acids is 2. The van der Waals surface area contributed by atoms with Gasteiger partial charge in [0.05, 0.1) is 6.07 Å². The van der Waals surface area contributed by atoms with Gasteiger partial charge >= 0.3 is 14.2 Å². The molecule has 398 valence electrons. The van der Waals surface area contributed by atoms with Crippen LogP contribution < -0.4 is 43.5 Å². The number of hydrogen-bond acceptors (Lipinski definition) is 10. The summed E-state index contributed by atoms with van der Waals surface area (Å²) in [5.41, 5.74) is 10.4. The Morgan fingerprint density at radius 1 is 0.623 bits per heavy atom. The Bertz CT molecular complexity index is 3500. The van der Waals surface area contributed by atoms with Crippen LogP contribution in [0.15, 0.2) is 156 Å². The molecule has 5 N–H and O–H groups in total. The number of fused-ring (bicyclic) bond motifs is 4. The van der Waals surface area contributed by atoms with Gasteiger partial charge in [-0.15, -0.1) is 0 Å². The molecule has 0 saturated carbocycles. The zero-order chi connectivity index (χ0) is 54.2. The van der Waals surface area contributed by atoms with E-state index in [-0.39, 0.29) is 24.1 Å². The van der Waals surface area contributed by atoms with E-state index in [4.69, 9.17) is 4.42 Å². The highest BCUT2D eigenvalue weighted by atomic mass is 35.5. The lowest BCUT2D eigenvalue weighted by molar-refractivity contribution is -0.117. The number of halogens is 1. The van der Waals surface area contributed by atoms with Crippen molar-refractivity contribution in [2.24, 2.45) is 0 Å². The first-order chi connectivity index (χ1) is 36.5. The Balaban J connectivity index is 0.00000861. The minimum atomic E-state index is -1.66. The van der Waals surface area contributed by atoms with Gasteiger partial charge in [-0.1, -0.05) is 98.1 Å². The molecule has 77 heavy (non-hydrogen) atoms. The summed E-state index contributed by atoms with van der Waals surface area (Å²) in [6.45, 7) is 14.6. The van der Waals surface area contributed by atoms with E-state index in [0.29, 0.717) is 87.1 Å². The van der Waals surface area contributed by atoms with Crippen molar-refractivity contribution in [3.63, 3.8) is 0 Å². The Morgan fingerprint density at radius 2 is 1.18 bits per heavy atom. The fraction of sp³-hybridized carbons (Fsp3) is 0.274. The molecule has 2 aliphatic rings. The van der Waals surface area contributed by atoms with Crippen LogP contribution in [0.1, 0.15) is 61.8 Å². The molecule has 1 amide bonds. The van der Waals surface area contributed by atoms with E-state index in [1.165, 1.54) is 0 Å². The minimum Gasteiger partial charge on any atom is -1.00 e. The number of benzene rings is 7. The second-order valence-corrected chi connectivity index (χ2v) is 20.5. The van der Waals surface area contributed by atoms with Gasteiger partial charge in [-0.3, -0.25) is 19.4 Å². The summed E-state index contributed by atoms with van der Waals surface area (Å²) in [4.78, 5) is 32.1. The summed E-state index contributed by atoms with van der Waals surface area (Å²) in [7, 11) is 4.77. The van der Waals surface area contributed by atoms with E-state index in [1.807, 2.05) is 58.5 Å². The number of hydrogen-bond donors (Lipinski definition) is 5. The molecule has 0 atom stereocenters. The van der Waals surface area contributed by atoms with E-state index in [2.05, 4.69) is 117 Å². The smallest absolute Gasteiger partial charge is 0.488 e. The predicted octanol–water partition coefficient (Wildman–Crippen LogP) is 4.37. The van der Waals surface area contributed by atoms with Crippen molar-refractivity contribution >= 4 is 75.1 Å². The van der Waals surface area contributed by atoms with Crippen molar-refractivity contribution in [2.75, 3.05) is 52.7 Å². The van der Waals surface area contributed by atoms with Crippen LogP contribution >= 0.6 is 0 Å². The summed E-state index contributed by atoms with van der Waals surface area (Å²) in [5, 5.41) is 51.4. The first-order valence-corrected chi connectivity index (χ1v) is 26.1. The molecule has 0 bridgehead atoms. The van der Waals surface area contributed by atoms with Crippen molar-refractivity contribution in [1.82, 2.24) is 19.7 Å². The lowest BCUT2D eigenvalue weighted by atomic mass is 9.77. The first kappa shape index (κ1) is 57.8. The summed E-state index contributed by atoms with van der Waals surface area (Å²) in [5.74, 6) is 0.610. The van der Waals surface area contributed by atoms with Crippen molar-refractivity contribution in [3.05, 3.63) is 179 Å². The Morgan fingerprint density at radius 3 is 1.75 bits per heavy atom. The first-order valence-electron chi connectivity index (χ1n) is 26.1. The van der Waals surface area contributed by atoms with Gasteiger partial charge < -0.3 is 47.1 Å². The zero-order valence-corrected chi connectivity index (χ0v) is 45.9. The highest BCUT2D eigenvalue weighted by Gasteiger charge is 2.25. The number of Topliss-reactive ketones (excluding diaryl/α,β-unsaturated/α-hetero) is 1. The van der Waals surface area contributed by atoms with Crippen LogP contribution in [-0.4, -0.2) is 104 Å². The zero-order valence-electron chi connectivity index (χ0n) is 45.2. The third kappa shape index (κ3) is 13.6. The van der Waals surface area contributed by atoms with Crippen molar-refractivity contribution in [3.8, 4) is 22.5 Å². The van der Waals surface area contributed by atoms with Crippen LogP contribution in [-0.2, 0) is 35.8 Å². The highest BCUT2D eigenvalue weighted by Crippen LogP contribution is 2.44. The summed E-state index contributed by atoms with van der Waals surface area (Å²) in [6, 6.07) is 42.8. The number of nitrogens with one attached hydrogen (secondary N) is 1. The van der Waals surface area contributed by atoms with Gasteiger partial charge in [0.15, 0.2) is 5.78 Å². The Hall–Kier alpha value is -6.87. The van der Waals surface area contributed by atoms with Crippen LogP contribution in [0.2, 0.25) is 0 Å². The maximum atomic E-state index is 12.7. The number of amides is 1. The van der Waals surface area contributed by atoms with Crippen LogP contribution in [0.5, 0.6) is 0 Å². The number of allylic oxidation sites excluding steroid dienone is 1. The number of ketones is 1. The fourth-order valence-electron chi connectivity index (χ4n) is 10.3. The number of anilines is 1. The van der Waals surface area contributed by atoms with E-state index >= 15 is 0 Å². The highest BCUT2D eigenvalue weighted by molar-refractivity contribution is 6.59. The van der Waals surface area contributed by atoms with Gasteiger partial charge in [0.25, 0.3) is 0 Å². The molecule has 6 aromatic carbocycles. The van der Waals surface area contributed by atoms with E-state index in [9.17, 15) is 29.7 Å². The molecule has 6 aromatic rings. The van der Waals surface area contributed by atoms with E-state index < -0.39 is 14.2 Å². The third-order valence-electron chi connectivity index (χ3n) is 14.4. The maximum absolute atomic E-state index is 12.7. The lowest BCUT2D eigenvalue weighted by Crippen LogP contribution is -3.00. The van der Waals surface area contributed by atoms with Crippen LogP contribution in [0.4, 0.5) is 5.69 Å². The van der Waals surface area contributed by atoms with Crippen molar-refractivity contribution in [2.45, 2.75) is 65.7 Å². The molecular formula is C62H70B2ClN5O7. The average molecular weight is 1050 g/mol. The second kappa shape index (κ2) is 26.0. The normalized spacial score (nSPS) is 11.4. The van der Waals surface area contributed by atoms with Gasteiger partial charge in [0.2, 0.25) is 11.3 Å². The number of rotatable bonds is 23. The lowest BCUT2D eigenvalue weighted by Gasteiger charge is -2.29. The maximum Gasteiger partial charge on any atom is 0.488 e. The standard InChI is InChI=1S/C62H69B2N5O7.ClH/c1-41(2)58(70)24-15-16-32-68(37-44-18-9-13-22-56(44)63(72)73)40-55-49-21-12-11-20-48(49)54(39-69(33-17-31-65-62(71)42(3)4)38-45-19-10-14-23-57(45)64(74)75)50-28-25-43(34-53(50)55)61-51-29-26-46(66(5)6)35-59(51)76-60-36-47(67(7)8)27-30-52(60)61;/h9-14,18-23,25-30,34-36,72-75H,1,3,15-17,24,31-33,37-40H2,2,4-8H3;1H. The number of unbranched alkanes of at least 4 members (excludes halogenated alkanes) is 1. The minimum absolute atomic E-state index is 0. The summed E-state index contributed by atoms with van der Waals surface area (Å²) in [6.07, 6.45) is 2.42. The molecule has 8 rings (SSSR count). The van der Waals surface area contributed by atoms with Crippen molar-refractivity contribution < 1.29 is 46.5 Å². The third-order valence-corrected chi connectivity index (χ3v) is 14.4. The molecule has 0 unspecified atom stereocenters. The van der Waals surface area contributed by atoms with E-state index in [1.54, 1.807) is 32.0 Å². The average Bonchev–Trinajstić information content (AvgIpc) is 3.53. The molecule has 0 radical (unpaired) electrons. The Labute approximate surface area is 459 Å². The molecule has 0 spiro atoms. The largest absolute Gasteiger partial charge is 1.00 e. The van der Waals surface area contributed by atoms with Gasteiger partial charge in [-0.25, -0.2) is 4.58 Å². The molecule has 0 fully saturated rings. The second-order valence-electron chi connectivity index (χ2n) is 20.5. The molecule has 0 aromatic heterocycles. The molecular weight excluding hydrogens is 984 g/mol. The molecule has 15 heteroatoms. The predicted molar refractivity (Wildman–Crippen MR) is 312 cm³/mol. The molecule has 1 aliphatic heterocycles. The molecule has 0 saturated heterocycles. The van der Waals surface area contributed by atoms with Crippen LogP contribution in [0.25, 0.3) is 55.0 Å². The summed E-state index contributed by atoms with van der Waals surface area (Å²) >= 11 is 0. The molecule has 12 nitrogen and oxygen atoms in total. The quantitative estimate of drug-likeness (QED) is 0.0206. The van der Waals surface area contributed by atoms with Gasteiger partial charge in [-0.05, 0) is 130 Å². The molecule has 1 heterocycles. The number of carbonyl (C=O) groups is 2. The van der Waals surface area contributed by atoms with Gasteiger partial charge in [-0.2, -0.15) is 0 Å². The topological polar surface area (TPSA) is 153 Å². The fourth-order valence-corrected chi connectivity index (χ4v) is 10.3. The summed E-state index contributed by atoms with van der Waals surface area (Å²) < 4.78 is 8.85. The van der Waals surface area contributed by atoms with E-state index in [0.717, 1.165) is 94.7 Å². The number of nitrogens with zero attached hydrogens (tertiary/aromatic N) is 4. The molecule has 1 aliphatic carbocycles.